The van der Waals surface area contributed by atoms with Crippen LogP contribution in [0.15, 0.2) is 340 Å². The lowest BCUT2D eigenvalue weighted by Crippen LogP contribution is -1.94. The number of allylic oxidation sites excluding steroid dienone is 8. The van der Waals surface area contributed by atoms with E-state index in [2.05, 4.69) is 319 Å². The SMILES string of the molecule is C/C=C\C=C/C.C/C=C\C=C/CC.c1ccc(-c2cccc(-n3c4ccccc4c4cc(-c5ccc6c(-c7ccccc7)c7cc(-c8ccc9c(c8)c8ccccc8n9-c8cccc(-c9ccccc9)c8)ccc7c(-c7ccccc7)c6c5)ccc43)c2)cc1. The Morgan fingerprint density at radius 2 is 0.551 bits per heavy atom. The van der Waals surface area contributed by atoms with Crippen LogP contribution in [0.5, 0.6) is 0 Å². The van der Waals surface area contributed by atoms with Gasteiger partial charge in [0.25, 0.3) is 0 Å². The summed E-state index contributed by atoms with van der Waals surface area (Å²) in [4.78, 5) is 0. The first-order valence-corrected chi connectivity index (χ1v) is 31.1. The van der Waals surface area contributed by atoms with Gasteiger partial charge in [-0.3, -0.25) is 0 Å². The molecule has 0 bridgehead atoms. The summed E-state index contributed by atoms with van der Waals surface area (Å²) in [5.74, 6) is 0. The summed E-state index contributed by atoms with van der Waals surface area (Å²) in [6.07, 6.45) is 17.4. The van der Waals surface area contributed by atoms with E-state index in [4.69, 9.17) is 0 Å². The summed E-state index contributed by atoms with van der Waals surface area (Å²) in [6.45, 7) is 8.14. The molecule has 0 saturated heterocycles. The van der Waals surface area contributed by atoms with Crippen molar-refractivity contribution in [3.8, 4) is 78.1 Å². The highest BCUT2D eigenvalue weighted by molar-refractivity contribution is 6.23. The van der Waals surface area contributed by atoms with Gasteiger partial charge in [-0.25, -0.2) is 0 Å². The van der Waals surface area contributed by atoms with Crippen molar-refractivity contribution in [2.45, 2.75) is 34.1 Å². The van der Waals surface area contributed by atoms with Gasteiger partial charge in [0, 0.05) is 32.9 Å². The molecule has 0 aliphatic heterocycles. The third kappa shape index (κ3) is 11.5. The molecule has 13 aromatic carbocycles. The van der Waals surface area contributed by atoms with Crippen LogP contribution in [-0.2, 0) is 0 Å². The zero-order valence-electron chi connectivity index (χ0n) is 50.9. The topological polar surface area (TPSA) is 9.86 Å². The second kappa shape index (κ2) is 26.3. The Bertz CT molecular complexity index is 4800. The van der Waals surface area contributed by atoms with Gasteiger partial charge in [-0.2, -0.15) is 0 Å². The summed E-state index contributed by atoms with van der Waals surface area (Å²) in [5.41, 5.74) is 21.5. The van der Waals surface area contributed by atoms with Crippen LogP contribution in [0.4, 0.5) is 0 Å². The van der Waals surface area contributed by atoms with Gasteiger partial charge in [0.1, 0.15) is 0 Å². The molecular formula is C87H70N2. The van der Waals surface area contributed by atoms with E-state index in [1.54, 1.807) is 0 Å². The van der Waals surface area contributed by atoms with Crippen molar-refractivity contribution in [1.29, 1.82) is 0 Å². The molecule has 428 valence electrons. The largest absolute Gasteiger partial charge is 0.309 e. The minimum atomic E-state index is 1.13. The van der Waals surface area contributed by atoms with Crippen LogP contribution in [0.2, 0.25) is 0 Å². The van der Waals surface area contributed by atoms with Gasteiger partial charge in [-0.05, 0) is 188 Å². The monoisotopic (exact) mass is 1140 g/mol. The van der Waals surface area contributed by atoms with Crippen LogP contribution in [0.25, 0.3) is 143 Å². The third-order valence-corrected chi connectivity index (χ3v) is 16.8. The van der Waals surface area contributed by atoms with Gasteiger partial charge in [0.15, 0.2) is 0 Å². The summed E-state index contributed by atoms with van der Waals surface area (Å²) in [6, 6.07) is 107. The van der Waals surface area contributed by atoms with Crippen molar-refractivity contribution in [3.05, 3.63) is 340 Å². The Labute approximate surface area is 523 Å². The Morgan fingerprint density at radius 1 is 0.236 bits per heavy atom. The molecule has 0 atom stereocenters. The van der Waals surface area contributed by atoms with Crippen molar-refractivity contribution in [2.75, 3.05) is 0 Å². The average molecular weight is 1140 g/mol. The fourth-order valence-corrected chi connectivity index (χ4v) is 12.7. The first kappa shape index (κ1) is 57.0. The van der Waals surface area contributed by atoms with Crippen molar-refractivity contribution in [3.63, 3.8) is 0 Å². The van der Waals surface area contributed by atoms with Gasteiger partial charge in [0.2, 0.25) is 0 Å². The predicted molar refractivity (Wildman–Crippen MR) is 387 cm³/mol. The number of hydrogen-bond acceptors (Lipinski definition) is 0. The normalized spacial score (nSPS) is 11.7. The molecule has 0 spiro atoms. The molecule has 15 rings (SSSR count). The van der Waals surface area contributed by atoms with Gasteiger partial charge in [-0.1, -0.05) is 274 Å². The maximum absolute atomic E-state index is 2.44. The van der Waals surface area contributed by atoms with E-state index in [1.165, 1.54) is 132 Å². The van der Waals surface area contributed by atoms with E-state index in [0.717, 1.165) is 17.8 Å². The summed E-state index contributed by atoms with van der Waals surface area (Å²) in [5, 5.41) is 9.86. The number of aromatic nitrogens is 2. The predicted octanol–water partition coefficient (Wildman–Crippen LogP) is 24.9. The Balaban J connectivity index is 0.000000509. The quantitative estimate of drug-likeness (QED) is 0.0902. The van der Waals surface area contributed by atoms with Crippen LogP contribution in [-0.4, -0.2) is 9.13 Å². The lowest BCUT2D eigenvalue weighted by atomic mass is 9.84. The van der Waals surface area contributed by atoms with E-state index >= 15 is 0 Å². The smallest absolute Gasteiger partial charge is 0.0541 e. The maximum atomic E-state index is 2.44. The number of benzene rings is 13. The fourth-order valence-electron chi connectivity index (χ4n) is 12.7. The summed E-state index contributed by atoms with van der Waals surface area (Å²) in [7, 11) is 0. The molecule has 0 amide bonds. The lowest BCUT2D eigenvalue weighted by molar-refractivity contribution is 1.18. The van der Waals surface area contributed by atoms with Gasteiger partial charge >= 0.3 is 0 Å². The van der Waals surface area contributed by atoms with Gasteiger partial charge in [-0.15, -0.1) is 0 Å². The Morgan fingerprint density at radius 3 is 0.944 bits per heavy atom. The van der Waals surface area contributed by atoms with Crippen LogP contribution >= 0.6 is 0 Å². The molecule has 2 nitrogen and oxygen atoms in total. The number of hydrogen-bond donors (Lipinski definition) is 0. The minimum Gasteiger partial charge on any atom is -0.309 e. The van der Waals surface area contributed by atoms with E-state index < -0.39 is 0 Å². The molecule has 0 fully saturated rings. The maximum Gasteiger partial charge on any atom is 0.0541 e. The van der Waals surface area contributed by atoms with Crippen molar-refractivity contribution in [1.82, 2.24) is 9.13 Å². The zero-order chi connectivity index (χ0) is 60.5. The highest BCUT2D eigenvalue weighted by Crippen LogP contribution is 2.47. The van der Waals surface area contributed by atoms with Crippen LogP contribution in [0, 0.1) is 0 Å². The summed E-state index contributed by atoms with van der Waals surface area (Å²) >= 11 is 0. The van der Waals surface area contributed by atoms with Crippen LogP contribution in [0.1, 0.15) is 34.1 Å². The number of rotatable bonds is 11. The standard InChI is InChI=1S/C74H48N2.C7H12.C6H10/c1-5-19-49(20-6-1)53-27-17-29-59(43-53)75-69-33-15-13-31-61(69)65-45-57(37-41-71(65)75)55-35-39-63-67(47-55)73(51-23-9-3-10-24-51)64-40-36-56(48-68(64)74(63)52-25-11-4-12-26-52)58-38-42-72-66(46-58)62-32-14-16-34-70(62)76(72)60-30-18-28-54(44-60)50-21-7-2-8-22-50;1-3-5-7-6-4-2;1-3-5-6-4-2/h1-48H;3,5-7H,4H2,1-2H3;3-6H,1-2H3/b;5-3-,7-6-;5-3-,6-4-. The molecular weight excluding hydrogens is 1070 g/mol. The summed E-state index contributed by atoms with van der Waals surface area (Å²) < 4.78 is 4.84. The average Bonchev–Trinajstić information content (AvgIpc) is 1.60. The number of nitrogens with zero attached hydrogens (tertiary/aromatic N) is 2. The van der Waals surface area contributed by atoms with Gasteiger partial charge in [0.05, 0.1) is 22.1 Å². The van der Waals surface area contributed by atoms with E-state index in [9.17, 15) is 0 Å². The van der Waals surface area contributed by atoms with Crippen LogP contribution < -0.4 is 0 Å². The fraction of sp³-hybridized carbons (Fsp3) is 0.0575. The molecule has 0 N–H and O–H groups in total. The van der Waals surface area contributed by atoms with Crippen molar-refractivity contribution < 1.29 is 0 Å². The van der Waals surface area contributed by atoms with E-state index in [0.29, 0.717) is 0 Å². The zero-order valence-corrected chi connectivity index (χ0v) is 50.9. The second-order valence-corrected chi connectivity index (χ2v) is 22.4. The molecule has 0 aliphatic rings. The van der Waals surface area contributed by atoms with Crippen LogP contribution in [0.3, 0.4) is 0 Å². The molecule has 2 heteroatoms. The van der Waals surface area contributed by atoms with Crippen molar-refractivity contribution in [2.24, 2.45) is 0 Å². The Kier molecular flexibility index (Phi) is 16.8. The molecule has 0 saturated carbocycles. The molecule has 0 aliphatic carbocycles. The van der Waals surface area contributed by atoms with Gasteiger partial charge < -0.3 is 9.13 Å². The Hall–Kier alpha value is -11.1. The highest BCUT2D eigenvalue weighted by Gasteiger charge is 2.21. The number of fused-ring (bicyclic) bond motifs is 8. The first-order chi connectivity index (χ1) is 44.0. The van der Waals surface area contributed by atoms with Crippen molar-refractivity contribution >= 4 is 65.2 Å². The molecule has 89 heavy (non-hydrogen) atoms. The number of para-hydroxylation sites is 2. The molecule has 2 heterocycles. The third-order valence-electron chi connectivity index (χ3n) is 16.8. The molecule has 15 aromatic rings. The minimum absolute atomic E-state index is 1.13. The molecule has 0 radical (unpaired) electrons. The second-order valence-electron chi connectivity index (χ2n) is 22.4. The van der Waals surface area contributed by atoms with E-state index in [-0.39, 0.29) is 0 Å². The molecule has 0 unspecified atom stereocenters. The highest BCUT2D eigenvalue weighted by atomic mass is 15.0. The molecule has 2 aromatic heterocycles. The first-order valence-electron chi connectivity index (χ1n) is 31.1. The lowest BCUT2D eigenvalue weighted by Gasteiger charge is -2.20. The van der Waals surface area contributed by atoms with E-state index in [1.807, 2.05) is 57.2 Å².